The Morgan fingerprint density at radius 3 is 2.55 bits per heavy atom. The topological polar surface area (TPSA) is 17.1 Å². The maximum atomic E-state index is 10.0. The molecule has 0 amide bonds. The predicted octanol–water partition coefficient (Wildman–Crippen LogP) is 1.65. The van der Waals surface area contributed by atoms with E-state index in [0.717, 1.165) is 11.1 Å². The zero-order valence-corrected chi connectivity index (χ0v) is 10.6. The van der Waals surface area contributed by atoms with E-state index in [9.17, 15) is 4.79 Å². The minimum Gasteiger partial charge on any atom is -0.541 e. The Hall–Kier alpha value is -0.0581. The molecule has 0 saturated heterocycles. The van der Waals surface area contributed by atoms with Gasteiger partial charge in [0.2, 0.25) is 0 Å². The van der Waals surface area contributed by atoms with Crippen molar-refractivity contribution in [1.29, 1.82) is 0 Å². The second kappa shape index (κ2) is 5.57. The van der Waals surface area contributed by atoms with Crippen LogP contribution in [0.25, 0.3) is 0 Å². The molecule has 0 aliphatic rings. The third-order valence-corrected chi connectivity index (χ3v) is 1.52. The summed E-state index contributed by atoms with van der Waals surface area (Å²) in [5.41, 5.74) is 2.23. The molecule has 56 valence electrons. The summed E-state index contributed by atoms with van der Waals surface area (Å²) in [7, 11) is 0. The fourth-order valence-electron chi connectivity index (χ4n) is 0.886. The Morgan fingerprint density at radius 1 is 1.36 bits per heavy atom. The van der Waals surface area contributed by atoms with E-state index in [4.69, 9.17) is 0 Å². The van der Waals surface area contributed by atoms with Gasteiger partial charge in [-0.15, -0.1) is 6.42 Å². The van der Waals surface area contributed by atoms with E-state index >= 15 is 0 Å². The van der Waals surface area contributed by atoms with Crippen LogP contribution >= 0.6 is 0 Å². The van der Waals surface area contributed by atoms with Crippen LogP contribution in [0.2, 0.25) is 0 Å². The molecule has 0 spiro atoms. The van der Waals surface area contributed by atoms with Gasteiger partial charge in [-0.1, -0.05) is 35.4 Å². The molecule has 1 aromatic carbocycles. The fraction of sp³-hybridized carbons (Fsp3) is 0.222. The quantitative estimate of drug-likeness (QED) is 0.723. The standard InChI is InChI=1S/C9H9O.U/c1-8-4-2-3-5-9(8)6-7-10;/h2-5H,6H2,1H3;/q-1;. The van der Waals surface area contributed by atoms with Gasteiger partial charge in [-0.3, -0.25) is 6.29 Å². The van der Waals surface area contributed by atoms with E-state index in [2.05, 4.69) is 0 Å². The van der Waals surface area contributed by atoms with Crippen molar-refractivity contribution in [1.82, 2.24) is 0 Å². The first-order valence-electron chi connectivity index (χ1n) is 3.24. The summed E-state index contributed by atoms with van der Waals surface area (Å²) < 4.78 is 0. The van der Waals surface area contributed by atoms with Crippen LogP contribution in [0, 0.1) is 38.0 Å². The molecule has 2 heteroatoms. The average molecular weight is 371 g/mol. The Bertz CT molecular complexity index is 233. The van der Waals surface area contributed by atoms with Crippen LogP contribution in [-0.4, -0.2) is 6.29 Å². The van der Waals surface area contributed by atoms with Crippen molar-refractivity contribution >= 4 is 6.29 Å². The van der Waals surface area contributed by atoms with Crippen molar-refractivity contribution in [3.05, 3.63) is 35.4 Å². The summed E-state index contributed by atoms with van der Waals surface area (Å²) in [6.45, 7) is 1.99. The molecule has 0 heterocycles. The number of carbonyl (C=O) groups excluding carboxylic acids is 1. The third kappa shape index (κ3) is 3.23. The molecule has 0 N–H and O–H groups in total. The molecule has 0 aliphatic carbocycles. The molecule has 0 bridgehead atoms. The summed E-state index contributed by atoms with van der Waals surface area (Å²) in [6.07, 6.45) is 2.28. The first kappa shape index (κ1) is 10.9. The monoisotopic (exact) mass is 371 g/mol. The second-order valence-electron chi connectivity index (χ2n) is 2.25. The molecule has 0 atom stereocenters. The van der Waals surface area contributed by atoms with E-state index in [1.807, 2.05) is 37.5 Å². The largest absolute Gasteiger partial charge is 0.541 e. The Labute approximate surface area is 90.6 Å². The molecule has 0 unspecified atom stereocenters. The number of hydrogen-bond donors (Lipinski definition) is 0. The zero-order chi connectivity index (χ0) is 7.40. The van der Waals surface area contributed by atoms with E-state index in [1.165, 1.54) is 0 Å². The maximum Gasteiger partial charge on any atom is 0 e. The average Bonchev–Trinajstić information content (AvgIpc) is 1.94. The first-order chi connectivity index (χ1) is 4.84. The Kier molecular flexibility index (Phi) is 5.54. The first-order valence-corrected chi connectivity index (χ1v) is 3.24. The van der Waals surface area contributed by atoms with E-state index in [0.29, 0.717) is 6.42 Å². The Balaban J connectivity index is 0.000001000. The molecular weight excluding hydrogens is 362 g/mol. The minimum atomic E-state index is 0. The normalized spacial score (nSPS) is 8.45. The summed E-state index contributed by atoms with van der Waals surface area (Å²) in [5.74, 6) is 0. The number of rotatable bonds is 2. The molecule has 0 saturated carbocycles. The van der Waals surface area contributed by atoms with Crippen LogP contribution in [0.4, 0.5) is 0 Å². The summed E-state index contributed by atoms with van der Waals surface area (Å²) in [4.78, 5) is 10.0. The van der Waals surface area contributed by atoms with Gasteiger partial charge in [-0.25, -0.2) is 0 Å². The van der Waals surface area contributed by atoms with Crippen LogP contribution in [0.15, 0.2) is 24.3 Å². The fourth-order valence-corrected chi connectivity index (χ4v) is 0.886. The van der Waals surface area contributed by atoms with Gasteiger partial charge in [0.1, 0.15) is 0 Å². The molecule has 0 aliphatic heterocycles. The molecule has 1 nitrogen and oxygen atoms in total. The van der Waals surface area contributed by atoms with Gasteiger partial charge in [0, 0.05) is 31.1 Å². The van der Waals surface area contributed by atoms with Gasteiger partial charge in [0.25, 0.3) is 0 Å². The number of benzene rings is 1. The van der Waals surface area contributed by atoms with Gasteiger partial charge in [0.05, 0.1) is 0 Å². The molecular formula is C9H9OU-. The third-order valence-electron chi connectivity index (χ3n) is 1.52. The van der Waals surface area contributed by atoms with Crippen LogP contribution in [-0.2, 0) is 11.2 Å². The molecule has 0 radical (unpaired) electrons. The van der Waals surface area contributed by atoms with Gasteiger partial charge >= 0.3 is 0 Å². The Morgan fingerprint density at radius 2 is 2.00 bits per heavy atom. The maximum absolute atomic E-state index is 10.0. The van der Waals surface area contributed by atoms with Crippen LogP contribution in [0.1, 0.15) is 11.1 Å². The van der Waals surface area contributed by atoms with Crippen molar-refractivity contribution in [3.63, 3.8) is 0 Å². The van der Waals surface area contributed by atoms with Gasteiger partial charge in [0.15, 0.2) is 0 Å². The van der Waals surface area contributed by atoms with E-state index in [1.54, 1.807) is 0 Å². The summed E-state index contributed by atoms with van der Waals surface area (Å²) >= 11 is 0. The predicted molar refractivity (Wildman–Crippen MR) is 40.6 cm³/mol. The van der Waals surface area contributed by atoms with Gasteiger partial charge in [-0.05, 0) is 6.92 Å². The smallest absolute Gasteiger partial charge is 0 e. The minimum absolute atomic E-state index is 0. The van der Waals surface area contributed by atoms with Crippen molar-refractivity contribution in [2.75, 3.05) is 0 Å². The molecule has 1 aromatic rings. The SMILES string of the molecule is Cc1ccccc1C[C-]=O.[U]. The molecule has 0 aromatic heterocycles. The van der Waals surface area contributed by atoms with Crippen molar-refractivity contribution < 1.29 is 35.9 Å². The van der Waals surface area contributed by atoms with Crippen molar-refractivity contribution in [3.8, 4) is 0 Å². The van der Waals surface area contributed by atoms with Crippen molar-refractivity contribution in [2.24, 2.45) is 0 Å². The van der Waals surface area contributed by atoms with Crippen LogP contribution in [0.3, 0.4) is 0 Å². The molecule has 11 heavy (non-hydrogen) atoms. The summed E-state index contributed by atoms with van der Waals surface area (Å²) in [6, 6.07) is 7.83. The molecule has 1 rings (SSSR count). The molecule has 0 fully saturated rings. The van der Waals surface area contributed by atoms with Crippen LogP contribution < -0.4 is 0 Å². The van der Waals surface area contributed by atoms with Crippen LogP contribution in [0.5, 0.6) is 0 Å². The van der Waals surface area contributed by atoms with Crippen molar-refractivity contribution in [2.45, 2.75) is 13.3 Å². The van der Waals surface area contributed by atoms with Gasteiger partial charge in [-0.2, -0.15) is 0 Å². The van der Waals surface area contributed by atoms with E-state index in [-0.39, 0.29) is 31.1 Å². The summed E-state index contributed by atoms with van der Waals surface area (Å²) in [5, 5.41) is 0. The second-order valence-corrected chi connectivity index (χ2v) is 2.25. The van der Waals surface area contributed by atoms with Gasteiger partial charge < -0.3 is 4.79 Å². The van der Waals surface area contributed by atoms with E-state index < -0.39 is 0 Å². The zero-order valence-electron chi connectivity index (χ0n) is 6.42. The number of hydrogen-bond acceptors (Lipinski definition) is 1. The number of aryl methyl sites for hydroxylation is 1.